The number of nitrogens with zero attached hydrogens (tertiary/aromatic N) is 4. The predicted octanol–water partition coefficient (Wildman–Crippen LogP) is 3.12. The molecule has 2 rings (SSSR count). The molecule has 2 aromatic rings. The monoisotopic (exact) mass is 200 g/mol. The molecular weight excluding hydrogens is 188 g/mol. The van der Waals surface area contributed by atoms with E-state index in [4.69, 9.17) is 0 Å². The fraction of sp³-hybridized carbons (Fsp3) is 0.273. The van der Waals surface area contributed by atoms with E-state index < -0.39 is 0 Å². The number of rotatable bonds is 3. The van der Waals surface area contributed by atoms with Crippen LogP contribution in [0, 0.1) is 0 Å². The Morgan fingerprint density at radius 1 is 1.27 bits per heavy atom. The Balaban J connectivity index is 2.42. The van der Waals surface area contributed by atoms with Gasteiger partial charge in [-0.25, -0.2) is 0 Å². The van der Waals surface area contributed by atoms with Gasteiger partial charge in [-0.1, -0.05) is 31.2 Å². The van der Waals surface area contributed by atoms with Crippen LogP contribution in [0.15, 0.2) is 40.7 Å². The van der Waals surface area contributed by atoms with Gasteiger partial charge < -0.3 is 0 Å². The highest BCUT2D eigenvalue weighted by atomic mass is 15.2. The number of benzene rings is 1. The smallest absolute Gasteiger partial charge is 0.187 e. The molecule has 0 aliphatic heterocycles. The normalized spacial score (nSPS) is 11.3. The molecule has 0 atom stereocenters. The van der Waals surface area contributed by atoms with Gasteiger partial charge in [-0.15, -0.1) is 10.2 Å². The number of hydrogen-bond acceptors (Lipinski definition) is 4. The highest BCUT2D eigenvalue weighted by Crippen LogP contribution is 2.21. The third kappa shape index (κ3) is 2.15. The Labute approximate surface area is 88.1 Å². The molecule has 0 aliphatic carbocycles. The predicted molar refractivity (Wildman–Crippen MR) is 59.2 cm³/mol. The Bertz CT molecular complexity index is 473. The minimum Gasteiger partial charge on any atom is -0.187 e. The van der Waals surface area contributed by atoms with E-state index >= 15 is 0 Å². The maximum atomic E-state index is 4.08. The molecule has 4 heteroatoms. The van der Waals surface area contributed by atoms with E-state index in [2.05, 4.69) is 27.3 Å². The SMILES string of the molecule is CCCN=Nc1nncc2ccccc12. The first-order chi connectivity index (χ1) is 7.42. The van der Waals surface area contributed by atoms with Crippen LogP contribution in [0.1, 0.15) is 13.3 Å². The van der Waals surface area contributed by atoms with E-state index in [1.165, 1.54) is 0 Å². The van der Waals surface area contributed by atoms with E-state index in [1.54, 1.807) is 6.20 Å². The quantitative estimate of drug-likeness (QED) is 0.715. The lowest BCUT2D eigenvalue weighted by Crippen LogP contribution is -1.83. The van der Waals surface area contributed by atoms with Gasteiger partial charge in [0, 0.05) is 10.8 Å². The number of hydrogen-bond donors (Lipinski definition) is 0. The fourth-order valence-electron chi connectivity index (χ4n) is 1.30. The van der Waals surface area contributed by atoms with Crippen molar-refractivity contribution in [3.05, 3.63) is 30.5 Å². The van der Waals surface area contributed by atoms with Gasteiger partial charge in [-0.05, 0) is 6.42 Å². The van der Waals surface area contributed by atoms with Crippen molar-refractivity contribution in [2.45, 2.75) is 13.3 Å². The van der Waals surface area contributed by atoms with Gasteiger partial charge in [-0.3, -0.25) is 0 Å². The van der Waals surface area contributed by atoms with Crippen molar-refractivity contribution in [1.82, 2.24) is 10.2 Å². The molecule has 0 amide bonds. The molecule has 0 saturated carbocycles. The molecular formula is C11H12N4. The molecule has 15 heavy (non-hydrogen) atoms. The van der Waals surface area contributed by atoms with Crippen molar-refractivity contribution in [1.29, 1.82) is 0 Å². The average Bonchev–Trinajstić information content (AvgIpc) is 2.30. The number of aromatic nitrogens is 2. The van der Waals surface area contributed by atoms with Crippen LogP contribution in [0.4, 0.5) is 5.82 Å². The summed E-state index contributed by atoms with van der Waals surface area (Å²) in [4.78, 5) is 0. The summed E-state index contributed by atoms with van der Waals surface area (Å²) in [6.07, 6.45) is 2.72. The highest BCUT2D eigenvalue weighted by Gasteiger charge is 2.00. The fourth-order valence-corrected chi connectivity index (χ4v) is 1.30. The zero-order valence-corrected chi connectivity index (χ0v) is 8.59. The second kappa shape index (κ2) is 4.59. The molecule has 1 heterocycles. The maximum Gasteiger partial charge on any atom is 0.203 e. The van der Waals surface area contributed by atoms with E-state index in [-0.39, 0.29) is 0 Å². The average molecular weight is 200 g/mol. The van der Waals surface area contributed by atoms with Crippen LogP contribution in [0.2, 0.25) is 0 Å². The summed E-state index contributed by atoms with van der Waals surface area (Å²) in [5.41, 5.74) is 0. The van der Waals surface area contributed by atoms with Crippen LogP contribution < -0.4 is 0 Å². The molecule has 0 bridgehead atoms. The minimum absolute atomic E-state index is 0.599. The lowest BCUT2D eigenvalue weighted by Gasteiger charge is -1.97. The molecule has 0 aliphatic rings. The van der Waals surface area contributed by atoms with Crippen LogP contribution in [0.25, 0.3) is 10.8 Å². The standard InChI is InChI=1S/C11H12N4/c1-2-7-12-14-11-10-6-4-3-5-9(10)8-13-15-11/h3-6,8H,2,7H2,1H3. The second-order valence-corrected chi connectivity index (χ2v) is 3.22. The van der Waals surface area contributed by atoms with Crippen LogP contribution >= 0.6 is 0 Å². The summed E-state index contributed by atoms with van der Waals surface area (Å²) >= 11 is 0. The minimum atomic E-state index is 0.599. The van der Waals surface area contributed by atoms with Crippen molar-refractivity contribution < 1.29 is 0 Å². The van der Waals surface area contributed by atoms with E-state index in [1.807, 2.05) is 24.3 Å². The summed E-state index contributed by atoms with van der Waals surface area (Å²) in [5.74, 6) is 0.599. The second-order valence-electron chi connectivity index (χ2n) is 3.22. The molecule has 0 N–H and O–H groups in total. The molecule has 0 radical (unpaired) electrons. The summed E-state index contributed by atoms with van der Waals surface area (Å²) in [6.45, 7) is 2.79. The topological polar surface area (TPSA) is 50.5 Å². The first-order valence-electron chi connectivity index (χ1n) is 4.99. The zero-order valence-electron chi connectivity index (χ0n) is 8.59. The summed E-state index contributed by atoms with van der Waals surface area (Å²) < 4.78 is 0. The van der Waals surface area contributed by atoms with Crippen LogP contribution in [0.3, 0.4) is 0 Å². The number of fused-ring (bicyclic) bond motifs is 1. The van der Waals surface area contributed by atoms with Crippen LogP contribution in [-0.4, -0.2) is 16.7 Å². The van der Waals surface area contributed by atoms with Crippen molar-refractivity contribution in [2.24, 2.45) is 10.2 Å². The summed E-state index contributed by atoms with van der Waals surface area (Å²) in [7, 11) is 0. The zero-order chi connectivity index (χ0) is 10.5. The maximum absolute atomic E-state index is 4.08. The lowest BCUT2D eigenvalue weighted by molar-refractivity contribution is 0.865. The molecule has 4 nitrogen and oxygen atoms in total. The van der Waals surface area contributed by atoms with Crippen molar-refractivity contribution in [3.63, 3.8) is 0 Å². The van der Waals surface area contributed by atoms with Gasteiger partial charge in [0.25, 0.3) is 0 Å². The van der Waals surface area contributed by atoms with Crippen molar-refractivity contribution in [2.75, 3.05) is 6.54 Å². The van der Waals surface area contributed by atoms with Gasteiger partial charge in [0.1, 0.15) is 0 Å². The first kappa shape index (κ1) is 9.71. The molecule has 0 unspecified atom stereocenters. The van der Waals surface area contributed by atoms with Crippen LogP contribution in [-0.2, 0) is 0 Å². The van der Waals surface area contributed by atoms with Gasteiger partial charge in [-0.2, -0.15) is 10.2 Å². The van der Waals surface area contributed by atoms with Gasteiger partial charge in [0.2, 0.25) is 5.82 Å². The Morgan fingerprint density at radius 2 is 2.13 bits per heavy atom. The Morgan fingerprint density at radius 3 is 3.00 bits per heavy atom. The molecule has 0 spiro atoms. The number of azo groups is 1. The van der Waals surface area contributed by atoms with Gasteiger partial charge >= 0.3 is 0 Å². The van der Waals surface area contributed by atoms with Gasteiger partial charge in [0.15, 0.2) is 0 Å². The van der Waals surface area contributed by atoms with Crippen molar-refractivity contribution in [3.8, 4) is 0 Å². The molecule has 0 saturated heterocycles. The third-order valence-corrected chi connectivity index (χ3v) is 2.04. The molecule has 1 aromatic carbocycles. The van der Waals surface area contributed by atoms with Gasteiger partial charge in [0.05, 0.1) is 12.7 Å². The first-order valence-corrected chi connectivity index (χ1v) is 4.99. The lowest BCUT2D eigenvalue weighted by atomic mass is 10.2. The summed E-state index contributed by atoms with van der Waals surface area (Å²) in [6, 6.07) is 7.90. The Hall–Kier alpha value is -1.84. The molecule has 0 fully saturated rings. The van der Waals surface area contributed by atoms with Crippen LogP contribution in [0.5, 0.6) is 0 Å². The highest BCUT2D eigenvalue weighted by molar-refractivity contribution is 5.89. The molecule has 1 aromatic heterocycles. The molecule has 76 valence electrons. The Kier molecular flexibility index (Phi) is 2.97. The summed E-state index contributed by atoms with van der Waals surface area (Å²) in [5, 5.41) is 18.0. The van der Waals surface area contributed by atoms with E-state index in [0.717, 1.165) is 23.7 Å². The van der Waals surface area contributed by atoms with Crippen molar-refractivity contribution >= 4 is 16.6 Å². The third-order valence-electron chi connectivity index (χ3n) is 2.04. The van der Waals surface area contributed by atoms with E-state index in [9.17, 15) is 0 Å². The largest absolute Gasteiger partial charge is 0.203 e. The van der Waals surface area contributed by atoms with E-state index in [0.29, 0.717) is 5.82 Å².